The summed E-state index contributed by atoms with van der Waals surface area (Å²) >= 11 is 0. The third-order valence-corrected chi connectivity index (χ3v) is 6.96. The minimum Gasteiger partial charge on any atom is -0.494 e. The molecule has 36 heavy (non-hydrogen) atoms. The third-order valence-electron chi connectivity index (χ3n) is 5.95. The van der Waals surface area contributed by atoms with E-state index in [1.54, 1.807) is 6.07 Å². The Morgan fingerprint density at radius 3 is 2.61 bits per heavy atom. The molecule has 9 nitrogen and oxygen atoms in total. The molecule has 10 heteroatoms. The lowest BCUT2D eigenvalue weighted by Gasteiger charge is -2.19. The van der Waals surface area contributed by atoms with E-state index in [2.05, 4.69) is 9.97 Å². The van der Waals surface area contributed by atoms with Gasteiger partial charge in [-0.15, -0.1) is 0 Å². The number of nitrogens with zero attached hydrogens (tertiary/aromatic N) is 3. The second-order valence-electron chi connectivity index (χ2n) is 8.65. The number of ether oxygens (including phenoxy) is 2. The predicted molar refractivity (Wildman–Crippen MR) is 135 cm³/mol. The molecule has 1 fully saturated rings. The molecule has 186 valence electrons. The molecule has 1 amide bonds. The normalized spacial score (nSPS) is 13.9. The molecular formula is C26H26N4O5S. The van der Waals surface area contributed by atoms with E-state index in [-0.39, 0.29) is 10.9 Å². The van der Waals surface area contributed by atoms with Crippen molar-refractivity contribution in [1.29, 1.82) is 0 Å². The Bertz CT molecular complexity index is 1530. The topological polar surface area (TPSA) is 114 Å². The lowest BCUT2D eigenvalue weighted by Crippen LogP contribution is -2.24. The van der Waals surface area contributed by atoms with Gasteiger partial charge in [-0.3, -0.25) is 4.79 Å². The number of imidazole rings is 1. The summed E-state index contributed by atoms with van der Waals surface area (Å²) in [4.78, 5) is 26.1. The van der Waals surface area contributed by atoms with Crippen LogP contribution in [0.15, 0.2) is 59.8 Å². The van der Waals surface area contributed by atoms with E-state index in [4.69, 9.17) is 14.5 Å². The molecule has 0 bridgehead atoms. The van der Waals surface area contributed by atoms with Crippen molar-refractivity contribution in [3.05, 3.63) is 60.3 Å². The van der Waals surface area contributed by atoms with Crippen molar-refractivity contribution >= 4 is 26.8 Å². The summed E-state index contributed by atoms with van der Waals surface area (Å²) in [7, 11) is -3.42. The molecule has 1 aliphatic heterocycles. The third kappa shape index (κ3) is 5.03. The number of hydrogen-bond acceptors (Lipinski definition) is 7. The van der Waals surface area contributed by atoms with Crippen molar-refractivity contribution in [1.82, 2.24) is 19.9 Å². The first-order valence-electron chi connectivity index (χ1n) is 11.7. The fraction of sp³-hybridized carbons (Fsp3) is 0.269. The fourth-order valence-electron chi connectivity index (χ4n) is 4.16. The number of pyridine rings is 1. The number of carbonyl (C=O) groups excluding carboxylic acids is 1. The molecular weight excluding hydrogens is 480 g/mol. The summed E-state index contributed by atoms with van der Waals surface area (Å²) in [6.07, 6.45) is 3.88. The van der Waals surface area contributed by atoms with Gasteiger partial charge in [-0.1, -0.05) is 12.1 Å². The smallest absolute Gasteiger partial charge is 0.222 e. The van der Waals surface area contributed by atoms with Crippen molar-refractivity contribution in [3.8, 4) is 28.6 Å². The number of benzene rings is 2. The number of fused-ring (bicyclic) bond motifs is 1. The molecule has 0 spiro atoms. The van der Waals surface area contributed by atoms with Gasteiger partial charge >= 0.3 is 0 Å². The first kappa shape index (κ1) is 23.8. The lowest BCUT2D eigenvalue weighted by molar-refractivity contribution is -0.128. The van der Waals surface area contributed by atoms with Gasteiger partial charge in [0.2, 0.25) is 5.91 Å². The second kappa shape index (κ2) is 9.62. The van der Waals surface area contributed by atoms with Crippen LogP contribution in [0.2, 0.25) is 0 Å². The van der Waals surface area contributed by atoms with Gasteiger partial charge in [0, 0.05) is 43.0 Å². The molecule has 4 aromatic rings. The van der Waals surface area contributed by atoms with Crippen LogP contribution in [0.25, 0.3) is 22.4 Å². The highest BCUT2D eigenvalue weighted by Gasteiger charge is 2.22. The van der Waals surface area contributed by atoms with Crippen molar-refractivity contribution in [3.63, 3.8) is 0 Å². The van der Waals surface area contributed by atoms with Gasteiger partial charge < -0.3 is 19.4 Å². The van der Waals surface area contributed by atoms with Crippen LogP contribution >= 0.6 is 0 Å². The largest absolute Gasteiger partial charge is 0.494 e. The molecule has 1 N–H and O–H groups in total. The van der Waals surface area contributed by atoms with E-state index in [9.17, 15) is 13.2 Å². The van der Waals surface area contributed by atoms with Crippen LogP contribution < -0.4 is 9.47 Å². The summed E-state index contributed by atoms with van der Waals surface area (Å²) < 4.78 is 35.3. The number of sulfone groups is 1. The monoisotopic (exact) mass is 506 g/mol. The number of likely N-dealkylation sites (tertiary alicyclic amines) is 1. The van der Waals surface area contributed by atoms with E-state index in [1.807, 2.05) is 48.2 Å². The van der Waals surface area contributed by atoms with Gasteiger partial charge in [0.1, 0.15) is 23.1 Å². The quantitative estimate of drug-likeness (QED) is 0.378. The average Bonchev–Trinajstić information content (AvgIpc) is 3.46. The zero-order valence-electron chi connectivity index (χ0n) is 20.0. The molecule has 0 unspecified atom stereocenters. The average molecular weight is 507 g/mol. The van der Waals surface area contributed by atoms with Crippen LogP contribution in [0.3, 0.4) is 0 Å². The Morgan fingerprint density at radius 2 is 1.92 bits per heavy atom. The first-order valence-corrected chi connectivity index (χ1v) is 13.6. The molecule has 0 aliphatic carbocycles. The van der Waals surface area contributed by atoms with E-state index in [0.717, 1.165) is 40.6 Å². The van der Waals surface area contributed by atoms with Crippen LogP contribution in [0.1, 0.15) is 25.3 Å². The van der Waals surface area contributed by atoms with Crippen molar-refractivity contribution in [2.75, 3.05) is 19.4 Å². The highest BCUT2D eigenvalue weighted by Crippen LogP contribution is 2.33. The van der Waals surface area contributed by atoms with Gasteiger partial charge in [-0.25, -0.2) is 18.4 Å². The van der Waals surface area contributed by atoms with Gasteiger partial charge in [-0.05, 0) is 43.7 Å². The van der Waals surface area contributed by atoms with Crippen LogP contribution in [-0.4, -0.2) is 53.6 Å². The molecule has 3 heterocycles. The maximum atomic E-state index is 12.2. The number of aromatic amines is 1. The zero-order valence-corrected chi connectivity index (χ0v) is 20.8. The van der Waals surface area contributed by atoms with Crippen molar-refractivity contribution < 1.29 is 22.7 Å². The molecule has 5 rings (SSSR count). The van der Waals surface area contributed by atoms with Crippen LogP contribution in [0, 0.1) is 0 Å². The lowest BCUT2D eigenvalue weighted by atomic mass is 10.1. The first-order chi connectivity index (χ1) is 17.3. The Labute approximate surface area is 209 Å². The highest BCUT2D eigenvalue weighted by molar-refractivity contribution is 7.90. The second-order valence-corrected chi connectivity index (χ2v) is 10.6. The Hall–Kier alpha value is -3.92. The summed E-state index contributed by atoms with van der Waals surface area (Å²) in [5, 5.41) is -0.0276. The van der Waals surface area contributed by atoms with Gasteiger partial charge in [0.05, 0.1) is 23.8 Å². The Morgan fingerprint density at radius 1 is 1.08 bits per heavy atom. The van der Waals surface area contributed by atoms with Gasteiger partial charge in [-0.2, -0.15) is 0 Å². The number of amides is 1. The predicted octanol–water partition coefficient (Wildman–Crippen LogP) is 4.34. The number of rotatable bonds is 8. The van der Waals surface area contributed by atoms with E-state index < -0.39 is 9.84 Å². The minimum atomic E-state index is -3.42. The fourth-order valence-corrected chi connectivity index (χ4v) is 4.72. The maximum Gasteiger partial charge on any atom is 0.222 e. The highest BCUT2D eigenvalue weighted by atomic mass is 32.2. The molecule has 1 aliphatic rings. The summed E-state index contributed by atoms with van der Waals surface area (Å²) in [5.41, 5.74) is 3.29. The number of hydrogen-bond donors (Lipinski definition) is 1. The van der Waals surface area contributed by atoms with Crippen LogP contribution in [0.4, 0.5) is 0 Å². The van der Waals surface area contributed by atoms with E-state index >= 15 is 0 Å². The molecule has 1 saturated heterocycles. The molecule has 0 radical (unpaired) electrons. The van der Waals surface area contributed by atoms with Gasteiger partial charge in [0.15, 0.2) is 14.9 Å². The Kier molecular flexibility index (Phi) is 6.36. The van der Waals surface area contributed by atoms with Gasteiger partial charge in [0.25, 0.3) is 0 Å². The number of aromatic nitrogens is 3. The van der Waals surface area contributed by atoms with Crippen LogP contribution in [-0.2, 0) is 21.2 Å². The maximum absolute atomic E-state index is 12.2. The summed E-state index contributed by atoms with van der Waals surface area (Å²) in [5.74, 6) is 2.47. The van der Waals surface area contributed by atoms with E-state index in [1.165, 1.54) is 12.3 Å². The number of nitrogens with one attached hydrogen (secondary N) is 1. The summed E-state index contributed by atoms with van der Waals surface area (Å²) in [6, 6.07) is 14.4. The zero-order chi connectivity index (χ0) is 25.3. The summed E-state index contributed by atoms with van der Waals surface area (Å²) in [6.45, 7) is 3.64. The van der Waals surface area contributed by atoms with E-state index in [0.29, 0.717) is 43.4 Å². The molecule has 0 atom stereocenters. The molecule has 0 saturated carbocycles. The SMILES string of the molecule is CCOc1ccc2nc(-c3ccc(CN4CCCC4=O)c(Oc4ccc(S(C)(=O)=O)nc4)c3)[nH]c2c1. The standard InChI is InChI=1S/C26H26N4O5S/c1-3-34-19-8-10-21-22(14-19)29-26(28-21)17-6-7-18(16-30-12-4-5-25(30)31)23(13-17)35-20-9-11-24(27-15-20)36(2,32)33/h6-11,13-15H,3-5,12,16H2,1-2H3,(H,28,29). The number of carbonyl (C=O) groups is 1. The van der Waals surface area contributed by atoms with Crippen molar-refractivity contribution in [2.24, 2.45) is 0 Å². The number of H-pyrrole nitrogens is 1. The van der Waals surface area contributed by atoms with Crippen molar-refractivity contribution in [2.45, 2.75) is 31.3 Å². The minimum absolute atomic E-state index is 0.0276. The molecule has 2 aromatic carbocycles. The molecule has 2 aromatic heterocycles. The Balaban J connectivity index is 1.50. The van der Waals surface area contributed by atoms with Crippen LogP contribution in [0.5, 0.6) is 17.2 Å².